The quantitative estimate of drug-likeness (QED) is 0.904. The maximum atomic E-state index is 12.2. The van der Waals surface area contributed by atoms with Gasteiger partial charge in [-0.1, -0.05) is 23.7 Å². The van der Waals surface area contributed by atoms with Crippen molar-refractivity contribution in [1.82, 2.24) is 10.2 Å². The minimum Gasteiger partial charge on any atom is -0.350 e. The Morgan fingerprint density at radius 3 is 2.59 bits per heavy atom. The summed E-state index contributed by atoms with van der Waals surface area (Å²) in [6.07, 6.45) is 2.93. The van der Waals surface area contributed by atoms with Crippen LogP contribution in [0, 0.1) is 0 Å². The topological polar surface area (TPSA) is 49.4 Å². The molecule has 2 amide bonds. The molecule has 1 N–H and O–H groups in total. The second-order valence-electron chi connectivity index (χ2n) is 5.94. The Hall–Kier alpha value is -1.55. The lowest BCUT2D eigenvalue weighted by atomic mass is 10.1. The molecule has 0 radical (unpaired) electrons. The van der Waals surface area contributed by atoms with Crippen LogP contribution in [0.15, 0.2) is 24.3 Å². The van der Waals surface area contributed by atoms with Crippen LogP contribution in [-0.4, -0.2) is 29.3 Å². The van der Waals surface area contributed by atoms with Crippen LogP contribution in [0.25, 0.3) is 0 Å². The Labute approximate surface area is 136 Å². The van der Waals surface area contributed by atoms with Crippen molar-refractivity contribution < 1.29 is 9.59 Å². The number of nitrogens with one attached hydrogen (secondary N) is 1. The van der Waals surface area contributed by atoms with Crippen LogP contribution in [0.1, 0.15) is 51.1 Å². The van der Waals surface area contributed by atoms with Gasteiger partial charge in [-0.05, 0) is 44.4 Å². The lowest BCUT2D eigenvalue weighted by Gasteiger charge is -2.32. The van der Waals surface area contributed by atoms with Crippen molar-refractivity contribution in [3.8, 4) is 0 Å². The summed E-state index contributed by atoms with van der Waals surface area (Å²) in [7, 11) is 0. The fraction of sp³-hybridized carbons (Fsp3) is 0.529. The molecule has 4 nitrogen and oxygen atoms in total. The van der Waals surface area contributed by atoms with E-state index in [2.05, 4.69) is 5.32 Å². The number of hydrogen-bond acceptors (Lipinski definition) is 2. The van der Waals surface area contributed by atoms with Gasteiger partial charge in [-0.2, -0.15) is 0 Å². The smallest absolute Gasteiger partial charge is 0.222 e. The normalized spacial score (nSPS) is 18.0. The number of hydrogen-bond donors (Lipinski definition) is 1. The van der Waals surface area contributed by atoms with Gasteiger partial charge >= 0.3 is 0 Å². The number of nitrogens with zero attached hydrogens (tertiary/aromatic N) is 1. The fourth-order valence-corrected chi connectivity index (χ4v) is 2.93. The highest BCUT2D eigenvalue weighted by atomic mass is 35.5. The highest BCUT2D eigenvalue weighted by Gasteiger charge is 2.25. The van der Waals surface area contributed by atoms with Gasteiger partial charge in [-0.3, -0.25) is 9.59 Å². The molecule has 1 aliphatic heterocycles. The van der Waals surface area contributed by atoms with E-state index in [1.807, 2.05) is 43.0 Å². The molecule has 1 heterocycles. The molecule has 1 aromatic rings. The second kappa shape index (κ2) is 7.63. The highest BCUT2D eigenvalue weighted by Crippen LogP contribution is 2.18. The van der Waals surface area contributed by atoms with Crippen LogP contribution in [0.4, 0.5) is 0 Å². The van der Waals surface area contributed by atoms with Gasteiger partial charge in [0.1, 0.15) is 0 Å². The largest absolute Gasteiger partial charge is 0.350 e. The van der Waals surface area contributed by atoms with Gasteiger partial charge < -0.3 is 10.2 Å². The number of halogens is 1. The van der Waals surface area contributed by atoms with Gasteiger partial charge in [-0.25, -0.2) is 0 Å². The monoisotopic (exact) mass is 322 g/mol. The Morgan fingerprint density at radius 2 is 1.95 bits per heavy atom. The molecule has 2 atom stereocenters. The average Bonchev–Trinajstić information content (AvgIpc) is 2.48. The van der Waals surface area contributed by atoms with Gasteiger partial charge in [0.05, 0.1) is 6.04 Å². The predicted octanol–water partition coefficient (Wildman–Crippen LogP) is 3.31. The van der Waals surface area contributed by atoms with E-state index >= 15 is 0 Å². The van der Waals surface area contributed by atoms with Gasteiger partial charge in [0, 0.05) is 30.5 Å². The van der Waals surface area contributed by atoms with Crippen LogP contribution < -0.4 is 5.32 Å². The van der Waals surface area contributed by atoms with Crippen LogP contribution >= 0.6 is 11.6 Å². The van der Waals surface area contributed by atoms with Crippen molar-refractivity contribution in [2.24, 2.45) is 0 Å². The van der Waals surface area contributed by atoms with Crippen molar-refractivity contribution >= 4 is 23.4 Å². The van der Waals surface area contributed by atoms with E-state index < -0.39 is 0 Å². The molecule has 0 unspecified atom stereocenters. The summed E-state index contributed by atoms with van der Waals surface area (Å²) in [5, 5.41) is 3.66. The molecule has 0 bridgehead atoms. The van der Waals surface area contributed by atoms with E-state index in [0.29, 0.717) is 17.9 Å². The van der Waals surface area contributed by atoms with Gasteiger partial charge in [-0.15, -0.1) is 0 Å². The van der Waals surface area contributed by atoms with E-state index in [0.717, 1.165) is 24.9 Å². The first-order valence-corrected chi connectivity index (χ1v) is 8.19. The zero-order valence-electron chi connectivity index (χ0n) is 13.1. The molecular weight excluding hydrogens is 300 g/mol. The van der Waals surface area contributed by atoms with Crippen molar-refractivity contribution in [1.29, 1.82) is 0 Å². The minimum atomic E-state index is -0.0750. The summed E-state index contributed by atoms with van der Waals surface area (Å²) in [4.78, 5) is 25.9. The summed E-state index contributed by atoms with van der Waals surface area (Å²) >= 11 is 5.87. The molecule has 0 aromatic heterocycles. The highest BCUT2D eigenvalue weighted by molar-refractivity contribution is 6.30. The summed E-state index contributed by atoms with van der Waals surface area (Å²) in [6.45, 7) is 4.65. The van der Waals surface area contributed by atoms with Crippen molar-refractivity contribution in [2.45, 2.75) is 51.6 Å². The number of benzene rings is 1. The molecule has 1 aliphatic rings. The third-order valence-electron chi connectivity index (χ3n) is 4.12. The molecule has 120 valence electrons. The standard InChI is InChI=1S/C17H23ClN2O2/c1-12(20-10-4-3-5-17(20)22)11-16(21)19-13(2)14-6-8-15(18)9-7-14/h6-9,12-13H,3-5,10-11H2,1-2H3,(H,19,21)/t12-,13-/m1/s1. The van der Waals surface area contributed by atoms with Crippen molar-refractivity contribution in [2.75, 3.05) is 6.54 Å². The molecule has 22 heavy (non-hydrogen) atoms. The van der Waals surface area contributed by atoms with E-state index in [1.54, 1.807) is 0 Å². The molecular formula is C17H23ClN2O2. The van der Waals surface area contributed by atoms with E-state index in [9.17, 15) is 9.59 Å². The first-order valence-electron chi connectivity index (χ1n) is 7.81. The molecule has 1 saturated heterocycles. The third kappa shape index (κ3) is 4.47. The molecule has 1 fully saturated rings. The second-order valence-corrected chi connectivity index (χ2v) is 6.37. The van der Waals surface area contributed by atoms with Gasteiger partial charge in [0.2, 0.25) is 11.8 Å². The SMILES string of the molecule is C[C@H](CC(=O)N[C@H](C)c1ccc(Cl)cc1)N1CCCCC1=O. The molecule has 0 aliphatic carbocycles. The maximum Gasteiger partial charge on any atom is 0.222 e. The van der Waals surface area contributed by atoms with E-state index in [4.69, 9.17) is 11.6 Å². The number of carbonyl (C=O) groups is 2. The predicted molar refractivity (Wildman–Crippen MR) is 87.7 cm³/mol. The zero-order valence-corrected chi connectivity index (χ0v) is 13.9. The van der Waals surface area contributed by atoms with Crippen LogP contribution in [0.2, 0.25) is 5.02 Å². The van der Waals surface area contributed by atoms with Crippen LogP contribution in [0.3, 0.4) is 0 Å². The lowest BCUT2D eigenvalue weighted by Crippen LogP contribution is -2.44. The van der Waals surface area contributed by atoms with Crippen molar-refractivity contribution in [3.05, 3.63) is 34.9 Å². The number of amides is 2. The maximum absolute atomic E-state index is 12.2. The molecule has 0 spiro atoms. The molecule has 1 aromatic carbocycles. The summed E-state index contributed by atoms with van der Waals surface area (Å²) in [6, 6.07) is 7.32. The zero-order chi connectivity index (χ0) is 16.1. The Bertz CT molecular complexity index is 530. The Balaban J connectivity index is 1.86. The van der Waals surface area contributed by atoms with Gasteiger partial charge in [0.15, 0.2) is 0 Å². The number of carbonyl (C=O) groups excluding carboxylic acids is 2. The average molecular weight is 323 g/mol. The molecule has 5 heteroatoms. The first kappa shape index (κ1) is 16.8. The number of rotatable bonds is 5. The Kier molecular flexibility index (Phi) is 5.83. The fourth-order valence-electron chi connectivity index (χ4n) is 2.81. The summed E-state index contributed by atoms with van der Waals surface area (Å²) in [5.74, 6) is 0.130. The molecule has 2 rings (SSSR count). The van der Waals surface area contributed by atoms with Crippen LogP contribution in [-0.2, 0) is 9.59 Å². The number of piperidine rings is 1. The number of likely N-dealkylation sites (tertiary alicyclic amines) is 1. The summed E-state index contributed by atoms with van der Waals surface area (Å²) < 4.78 is 0. The third-order valence-corrected chi connectivity index (χ3v) is 4.37. The summed E-state index contributed by atoms with van der Waals surface area (Å²) in [5.41, 5.74) is 1.01. The van der Waals surface area contributed by atoms with Gasteiger partial charge in [0.25, 0.3) is 0 Å². The first-order chi connectivity index (χ1) is 10.5. The van der Waals surface area contributed by atoms with Crippen molar-refractivity contribution in [3.63, 3.8) is 0 Å². The minimum absolute atomic E-state index is 0.0340. The lowest BCUT2D eigenvalue weighted by molar-refractivity contribution is -0.136. The van der Waals surface area contributed by atoms with Crippen LogP contribution in [0.5, 0.6) is 0 Å². The van der Waals surface area contributed by atoms with E-state index in [1.165, 1.54) is 0 Å². The van der Waals surface area contributed by atoms with E-state index in [-0.39, 0.29) is 23.9 Å². The Morgan fingerprint density at radius 1 is 1.27 bits per heavy atom. The molecule has 0 saturated carbocycles.